The van der Waals surface area contributed by atoms with Crippen LogP contribution in [0.3, 0.4) is 0 Å². The minimum atomic E-state index is -3.57. The summed E-state index contributed by atoms with van der Waals surface area (Å²) in [4.78, 5) is 2.44. The Morgan fingerprint density at radius 3 is 2.83 bits per heavy atom. The van der Waals surface area contributed by atoms with Crippen LogP contribution >= 0.6 is 11.8 Å². The van der Waals surface area contributed by atoms with Gasteiger partial charge in [0, 0.05) is 44.4 Å². The minimum Gasteiger partial charge on any atom is -0.468 e. The van der Waals surface area contributed by atoms with Crippen molar-refractivity contribution in [1.82, 2.24) is 19.4 Å². The molecule has 2 aromatic rings. The lowest BCUT2D eigenvalue weighted by molar-refractivity contribution is 0.193. The summed E-state index contributed by atoms with van der Waals surface area (Å²) in [5.74, 6) is 2.88. The van der Waals surface area contributed by atoms with Gasteiger partial charge in [0.05, 0.1) is 18.5 Å². The number of aryl methyl sites for hydroxylation is 1. The van der Waals surface area contributed by atoms with E-state index >= 15 is 0 Å². The van der Waals surface area contributed by atoms with E-state index in [0.717, 1.165) is 30.4 Å². The van der Waals surface area contributed by atoms with Crippen molar-refractivity contribution in [2.45, 2.75) is 10.9 Å². The largest absolute Gasteiger partial charge is 0.468 e. The van der Waals surface area contributed by atoms with Gasteiger partial charge in [-0.2, -0.15) is 16.9 Å². The number of aromatic nitrogens is 2. The van der Waals surface area contributed by atoms with Crippen molar-refractivity contribution in [3.05, 3.63) is 36.5 Å². The van der Waals surface area contributed by atoms with Crippen molar-refractivity contribution in [3.8, 4) is 0 Å². The van der Waals surface area contributed by atoms with Gasteiger partial charge in [0.1, 0.15) is 10.7 Å². The van der Waals surface area contributed by atoms with E-state index in [1.807, 2.05) is 23.9 Å². The number of furan rings is 1. The van der Waals surface area contributed by atoms with Crippen LogP contribution in [0.5, 0.6) is 0 Å². The molecule has 9 heteroatoms. The van der Waals surface area contributed by atoms with Gasteiger partial charge in [-0.3, -0.25) is 9.58 Å². The number of rotatable bonds is 6. The first-order valence-corrected chi connectivity index (χ1v) is 10.0. The first-order chi connectivity index (χ1) is 11.1. The van der Waals surface area contributed by atoms with Crippen LogP contribution in [0.1, 0.15) is 11.8 Å². The summed E-state index contributed by atoms with van der Waals surface area (Å²) in [6.07, 6.45) is 4.46. The normalized spacial score (nSPS) is 18.1. The predicted molar refractivity (Wildman–Crippen MR) is 88.7 cm³/mol. The topological polar surface area (TPSA) is 80.4 Å². The van der Waals surface area contributed by atoms with E-state index in [0.29, 0.717) is 0 Å². The number of hydrogen-bond donors (Lipinski definition) is 1. The zero-order valence-corrected chi connectivity index (χ0v) is 14.5. The molecule has 0 spiro atoms. The second-order valence-electron chi connectivity index (χ2n) is 5.38. The smallest absolute Gasteiger partial charge is 0.243 e. The molecule has 1 N–H and O–H groups in total. The molecule has 0 amide bonds. The SMILES string of the molecule is Cn1cc(S(=O)(=O)NC[C@@H](c2ccco2)N2CCSCC2)cn1. The Hall–Kier alpha value is -1.29. The lowest BCUT2D eigenvalue weighted by Gasteiger charge is -2.33. The second kappa shape index (κ2) is 7.08. The molecule has 3 heterocycles. The summed E-state index contributed by atoms with van der Waals surface area (Å²) in [7, 11) is -1.88. The van der Waals surface area contributed by atoms with Gasteiger partial charge in [0.2, 0.25) is 10.0 Å². The zero-order valence-electron chi connectivity index (χ0n) is 12.9. The monoisotopic (exact) mass is 356 g/mol. The van der Waals surface area contributed by atoms with Gasteiger partial charge in [-0.1, -0.05) is 0 Å². The summed E-state index contributed by atoms with van der Waals surface area (Å²) >= 11 is 1.91. The molecule has 3 rings (SSSR count). The van der Waals surface area contributed by atoms with Crippen molar-refractivity contribution in [3.63, 3.8) is 0 Å². The maximum absolute atomic E-state index is 12.4. The average Bonchev–Trinajstić information content (AvgIpc) is 3.20. The highest BCUT2D eigenvalue weighted by Gasteiger charge is 2.27. The van der Waals surface area contributed by atoms with Crippen LogP contribution in [0.25, 0.3) is 0 Å². The minimum absolute atomic E-state index is 0.0997. The Morgan fingerprint density at radius 2 is 2.22 bits per heavy atom. The molecule has 1 aliphatic heterocycles. The number of hydrogen-bond acceptors (Lipinski definition) is 6. The highest BCUT2D eigenvalue weighted by Crippen LogP contribution is 2.24. The Kier molecular flexibility index (Phi) is 5.10. The molecular formula is C14H20N4O3S2. The molecule has 2 aromatic heterocycles. The Labute approximate surface area is 140 Å². The third-order valence-electron chi connectivity index (χ3n) is 3.82. The van der Waals surface area contributed by atoms with Gasteiger partial charge in [0.15, 0.2) is 0 Å². The molecule has 23 heavy (non-hydrogen) atoms. The van der Waals surface area contributed by atoms with Gasteiger partial charge in [-0.15, -0.1) is 0 Å². The van der Waals surface area contributed by atoms with Gasteiger partial charge in [-0.05, 0) is 12.1 Å². The molecule has 0 aliphatic carbocycles. The fraction of sp³-hybridized carbons (Fsp3) is 0.500. The summed E-state index contributed by atoms with van der Waals surface area (Å²) in [6, 6.07) is 3.62. The van der Waals surface area contributed by atoms with Crippen LogP contribution in [0.4, 0.5) is 0 Å². The molecule has 1 saturated heterocycles. The van der Waals surface area contributed by atoms with E-state index in [9.17, 15) is 8.42 Å². The van der Waals surface area contributed by atoms with Crippen LogP contribution in [-0.4, -0.2) is 54.2 Å². The van der Waals surface area contributed by atoms with Gasteiger partial charge in [-0.25, -0.2) is 13.1 Å². The molecule has 0 bridgehead atoms. The molecule has 1 aliphatic rings. The van der Waals surface area contributed by atoms with Crippen LogP contribution in [0.2, 0.25) is 0 Å². The molecular weight excluding hydrogens is 336 g/mol. The first kappa shape index (κ1) is 16.6. The molecule has 0 saturated carbocycles. The zero-order chi connectivity index (χ0) is 16.3. The van der Waals surface area contributed by atoms with Crippen molar-refractivity contribution in [1.29, 1.82) is 0 Å². The number of sulfonamides is 1. The van der Waals surface area contributed by atoms with E-state index in [-0.39, 0.29) is 17.5 Å². The number of nitrogens with one attached hydrogen (secondary N) is 1. The van der Waals surface area contributed by atoms with Crippen LogP contribution in [0.15, 0.2) is 40.1 Å². The molecule has 0 radical (unpaired) electrons. The van der Waals surface area contributed by atoms with Gasteiger partial charge < -0.3 is 4.42 Å². The fourth-order valence-electron chi connectivity index (χ4n) is 2.59. The molecule has 7 nitrogen and oxygen atoms in total. The molecule has 126 valence electrons. The van der Waals surface area contributed by atoms with Crippen molar-refractivity contribution < 1.29 is 12.8 Å². The Balaban J connectivity index is 1.73. The van der Waals surface area contributed by atoms with Crippen molar-refractivity contribution in [2.24, 2.45) is 7.05 Å². The van der Waals surface area contributed by atoms with E-state index < -0.39 is 10.0 Å². The lowest BCUT2D eigenvalue weighted by Crippen LogP contribution is -2.41. The second-order valence-corrected chi connectivity index (χ2v) is 8.37. The Bertz CT molecular complexity index is 721. The standard InChI is InChI=1S/C14H20N4O3S2/c1-17-11-12(9-15-17)23(19,20)16-10-13(14-3-2-6-21-14)18-4-7-22-8-5-18/h2-3,6,9,11,13,16H,4-5,7-8,10H2,1H3/t13-/m0/s1. The van der Waals surface area contributed by atoms with E-state index in [2.05, 4.69) is 14.7 Å². The maximum atomic E-state index is 12.4. The molecule has 0 unspecified atom stereocenters. The summed E-state index contributed by atoms with van der Waals surface area (Å²) in [5.41, 5.74) is 0. The predicted octanol–water partition coefficient (Wildman–Crippen LogP) is 1.08. The first-order valence-electron chi connectivity index (χ1n) is 7.40. The van der Waals surface area contributed by atoms with E-state index in [4.69, 9.17) is 4.42 Å². The highest BCUT2D eigenvalue weighted by molar-refractivity contribution is 7.99. The highest BCUT2D eigenvalue weighted by atomic mass is 32.2. The van der Waals surface area contributed by atoms with Gasteiger partial charge in [0.25, 0.3) is 0 Å². The quantitative estimate of drug-likeness (QED) is 0.834. The molecule has 1 fully saturated rings. The molecule has 0 aromatic carbocycles. The van der Waals surface area contributed by atoms with Gasteiger partial charge >= 0.3 is 0 Å². The maximum Gasteiger partial charge on any atom is 0.243 e. The van der Waals surface area contributed by atoms with Crippen LogP contribution in [0, 0.1) is 0 Å². The number of nitrogens with zero attached hydrogens (tertiary/aromatic N) is 3. The lowest BCUT2D eigenvalue weighted by atomic mass is 10.2. The fourth-order valence-corrected chi connectivity index (χ4v) is 4.54. The number of thioether (sulfide) groups is 1. The Morgan fingerprint density at radius 1 is 1.43 bits per heavy atom. The van der Waals surface area contributed by atoms with E-state index in [1.54, 1.807) is 13.3 Å². The third kappa shape index (κ3) is 3.97. The summed E-state index contributed by atoms with van der Waals surface area (Å²) in [6.45, 7) is 2.12. The van der Waals surface area contributed by atoms with Crippen molar-refractivity contribution >= 4 is 21.8 Å². The molecule has 1 atom stereocenters. The summed E-state index contributed by atoms with van der Waals surface area (Å²) < 4.78 is 34.5. The van der Waals surface area contributed by atoms with Crippen LogP contribution in [-0.2, 0) is 17.1 Å². The summed E-state index contributed by atoms with van der Waals surface area (Å²) in [5, 5.41) is 3.92. The average molecular weight is 356 g/mol. The van der Waals surface area contributed by atoms with Crippen molar-refractivity contribution in [2.75, 3.05) is 31.1 Å². The van der Waals surface area contributed by atoms with E-state index in [1.165, 1.54) is 17.1 Å². The third-order valence-corrected chi connectivity index (χ3v) is 6.14. The van der Waals surface area contributed by atoms with Crippen LogP contribution < -0.4 is 4.72 Å².